The molecule has 2 heterocycles. The van der Waals surface area contributed by atoms with E-state index < -0.39 is 24.1 Å². The summed E-state index contributed by atoms with van der Waals surface area (Å²) in [6.07, 6.45) is -3.80. The van der Waals surface area contributed by atoms with Crippen LogP contribution in [0.4, 0.5) is 13.2 Å². The Hall–Kier alpha value is -2.58. The molecule has 0 aromatic heterocycles. The maximum Gasteiger partial charge on any atom is 0.435 e. The van der Waals surface area contributed by atoms with E-state index in [0.717, 1.165) is 17.5 Å². The van der Waals surface area contributed by atoms with E-state index in [9.17, 15) is 22.8 Å². The van der Waals surface area contributed by atoms with Crippen molar-refractivity contribution in [1.29, 1.82) is 0 Å². The highest BCUT2D eigenvalue weighted by Gasteiger charge is 2.62. The second-order valence-corrected chi connectivity index (χ2v) is 9.44. The van der Waals surface area contributed by atoms with Crippen molar-refractivity contribution in [2.45, 2.75) is 43.4 Å². The zero-order chi connectivity index (χ0) is 23.5. The Labute approximate surface area is 196 Å². The number of oxime groups is 1. The van der Waals surface area contributed by atoms with E-state index in [2.05, 4.69) is 10.5 Å². The summed E-state index contributed by atoms with van der Waals surface area (Å²) in [4.78, 5) is 29.0. The van der Waals surface area contributed by atoms with Crippen LogP contribution in [0.5, 0.6) is 0 Å². The SMILES string of the molecule is O=C1CC(C2CCc3ccc(C4=NOC(c5cc(Cl)cc(Cl)c5)(C(F)(F)F)C4)cc32)C(=O)N1. The molecule has 3 atom stereocenters. The van der Waals surface area contributed by atoms with Gasteiger partial charge in [0.25, 0.3) is 5.60 Å². The third kappa shape index (κ3) is 3.69. The number of nitrogens with zero attached hydrogens (tertiary/aromatic N) is 1. The Morgan fingerprint density at radius 3 is 2.42 bits per heavy atom. The van der Waals surface area contributed by atoms with Gasteiger partial charge in [-0.15, -0.1) is 0 Å². The molecule has 3 unspecified atom stereocenters. The molecule has 2 aromatic rings. The molecule has 0 saturated carbocycles. The predicted molar refractivity (Wildman–Crippen MR) is 115 cm³/mol. The summed E-state index contributed by atoms with van der Waals surface area (Å²) in [6, 6.07) is 9.01. The van der Waals surface area contributed by atoms with Crippen LogP contribution in [-0.2, 0) is 26.4 Å². The lowest BCUT2D eigenvalue weighted by Crippen LogP contribution is -2.42. The van der Waals surface area contributed by atoms with Crippen LogP contribution >= 0.6 is 23.2 Å². The third-order valence-corrected chi connectivity index (χ3v) is 7.04. The molecule has 1 fully saturated rings. The van der Waals surface area contributed by atoms with Crippen molar-refractivity contribution in [3.8, 4) is 0 Å². The molecule has 2 aliphatic heterocycles. The van der Waals surface area contributed by atoms with E-state index in [1.807, 2.05) is 6.07 Å². The van der Waals surface area contributed by atoms with Crippen LogP contribution < -0.4 is 5.32 Å². The minimum Gasteiger partial charge on any atom is -0.374 e. The molecule has 0 spiro atoms. The van der Waals surface area contributed by atoms with Crippen LogP contribution in [-0.4, -0.2) is 23.7 Å². The van der Waals surface area contributed by atoms with Crippen molar-refractivity contribution in [1.82, 2.24) is 5.32 Å². The van der Waals surface area contributed by atoms with Gasteiger partial charge in [-0.1, -0.05) is 40.5 Å². The first-order chi connectivity index (χ1) is 15.6. The van der Waals surface area contributed by atoms with Crippen LogP contribution in [0.25, 0.3) is 0 Å². The summed E-state index contributed by atoms with van der Waals surface area (Å²) in [7, 11) is 0. The average molecular weight is 497 g/mol. The molecule has 33 heavy (non-hydrogen) atoms. The molecule has 1 saturated heterocycles. The Morgan fingerprint density at radius 1 is 1.06 bits per heavy atom. The fourth-order valence-corrected chi connectivity index (χ4v) is 5.50. The second kappa shape index (κ2) is 7.74. The zero-order valence-electron chi connectivity index (χ0n) is 17.0. The molecule has 10 heteroatoms. The number of fused-ring (bicyclic) bond motifs is 1. The number of imide groups is 1. The van der Waals surface area contributed by atoms with E-state index in [0.29, 0.717) is 12.0 Å². The monoisotopic (exact) mass is 496 g/mol. The van der Waals surface area contributed by atoms with Crippen LogP contribution in [0, 0.1) is 5.92 Å². The van der Waals surface area contributed by atoms with Crippen molar-refractivity contribution in [2.24, 2.45) is 11.1 Å². The number of benzene rings is 2. The zero-order valence-corrected chi connectivity index (χ0v) is 18.5. The molecule has 1 aliphatic carbocycles. The van der Waals surface area contributed by atoms with Gasteiger partial charge in [0, 0.05) is 28.5 Å². The second-order valence-electron chi connectivity index (χ2n) is 8.57. The number of halogens is 5. The summed E-state index contributed by atoms with van der Waals surface area (Å²) in [5, 5.41) is 6.26. The lowest BCUT2D eigenvalue weighted by Gasteiger charge is -2.29. The van der Waals surface area contributed by atoms with Crippen molar-refractivity contribution in [3.05, 3.63) is 68.7 Å². The number of nitrogens with one attached hydrogen (secondary N) is 1. The maximum absolute atomic E-state index is 14.3. The van der Waals surface area contributed by atoms with Crippen LogP contribution in [0.15, 0.2) is 41.6 Å². The average Bonchev–Trinajstić information content (AvgIpc) is 3.43. The number of aryl methyl sites for hydroxylation is 1. The highest BCUT2D eigenvalue weighted by atomic mass is 35.5. The lowest BCUT2D eigenvalue weighted by molar-refractivity contribution is -0.275. The van der Waals surface area contributed by atoms with Crippen molar-refractivity contribution >= 4 is 40.7 Å². The van der Waals surface area contributed by atoms with Crippen molar-refractivity contribution in [3.63, 3.8) is 0 Å². The number of rotatable bonds is 3. The Morgan fingerprint density at radius 2 is 1.79 bits per heavy atom. The molecular weight excluding hydrogens is 480 g/mol. The molecule has 3 aliphatic rings. The van der Waals surface area contributed by atoms with E-state index >= 15 is 0 Å². The highest BCUT2D eigenvalue weighted by molar-refractivity contribution is 6.34. The smallest absolute Gasteiger partial charge is 0.374 e. The number of alkyl halides is 3. The van der Waals surface area contributed by atoms with Gasteiger partial charge in [-0.2, -0.15) is 13.2 Å². The van der Waals surface area contributed by atoms with Gasteiger partial charge < -0.3 is 4.84 Å². The standard InChI is InChI=1S/C23H17Cl2F3N2O3/c24-14-6-13(7-15(25)8-14)22(23(26,27)28)10-19(30-33-22)12-2-1-11-3-4-16(17(11)5-12)18-9-20(31)29-21(18)32/h1-2,5-8,16,18H,3-4,9-10H2,(H,29,31,32). The van der Waals surface area contributed by atoms with Gasteiger partial charge in [0.05, 0.1) is 11.6 Å². The van der Waals surface area contributed by atoms with Gasteiger partial charge in [0.2, 0.25) is 11.8 Å². The molecule has 5 nitrogen and oxygen atoms in total. The molecule has 1 N–H and O–H groups in total. The largest absolute Gasteiger partial charge is 0.435 e. The summed E-state index contributed by atoms with van der Waals surface area (Å²) >= 11 is 11.9. The quantitative estimate of drug-likeness (QED) is 0.588. The van der Waals surface area contributed by atoms with E-state index in [1.165, 1.54) is 18.2 Å². The first kappa shape index (κ1) is 22.2. The Balaban J connectivity index is 1.49. The topological polar surface area (TPSA) is 67.8 Å². The molecule has 0 bridgehead atoms. The van der Waals surface area contributed by atoms with Gasteiger partial charge in [-0.3, -0.25) is 14.9 Å². The molecule has 172 valence electrons. The first-order valence-corrected chi connectivity index (χ1v) is 11.1. The molecular formula is C23H17Cl2F3N2O3. The van der Waals surface area contributed by atoms with E-state index in [-0.39, 0.29) is 45.5 Å². The fourth-order valence-electron chi connectivity index (χ4n) is 4.98. The Kier molecular flexibility index (Phi) is 5.21. The van der Waals surface area contributed by atoms with Gasteiger partial charge in [0.1, 0.15) is 0 Å². The van der Waals surface area contributed by atoms with Crippen LogP contribution in [0.2, 0.25) is 10.0 Å². The van der Waals surface area contributed by atoms with Crippen molar-refractivity contribution < 1.29 is 27.6 Å². The van der Waals surface area contributed by atoms with Gasteiger partial charge >= 0.3 is 6.18 Å². The predicted octanol–water partition coefficient (Wildman–Crippen LogP) is 5.27. The van der Waals surface area contributed by atoms with Gasteiger partial charge in [0.15, 0.2) is 0 Å². The van der Waals surface area contributed by atoms with Gasteiger partial charge in [-0.25, -0.2) is 0 Å². The fraction of sp³-hybridized carbons (Fsp3) is 0.348. The number of carbonyl (C=O) groups excluding carboxylic acids is 2. The summed E-state index contributed by atoms with van der Waals surface area (Å²) in [5.41, 5.74) is -0.466. The highest BCUT2D eigenvalue weighted by Crippen LogP contribution is 2.50. The molecule has 5 rings (SSSR count). The lowest BCUT2D eigenvalue weighted by atomic mass is 9.83. The number of amides is 2. The number of hydrogen-bond acceptors (Lipinski definition) is 4. The van der Waals surface area contributed by atoms with Crippen LogP contribution in [0.3, 0.4) is 0 Å². The number of hydrogen-bond donors (Lipinski definition) is 1. The Bertz CT molecular complexity index is 1190. The number of carbonyl (C=O) groups is 2. The van der Waals surface area contributed by atoms with Crippen LogP contribution in [0.1, 0.15) is 47.4 Å². The molecule has 2 aromatic carbocycles. The van der Waals surface area contributed by atoms with E-state index in [4.69, 9.17) is 28.0 Å². The summed E-state index contributed by atoms with van der Waals surface area (Å²) in [6.45, 7) is 0. The normalized spacial score (nSPS) is 26.8. The molecule has 0 radical (unpaired) electrons. The molecule has 2 amide bonds. The van der Waals surface area contributed by atoms with E-state index in [1.54, 1.807) is 12.1 Å². The first-order valence-electron chi connectivity index (χ1n) is 10.3. The summed E-state index contributed by atoms with van der Waals surface area (Å²) < 4.78 is 42.8. The maximum atomic E-state index is 14.3. The summed E-state index contributed by atoms with van der Waals surface area (Å²) in [5.74, 6) is -1.26. The third-order valence-electron chi connectivity index (χ3n) is 6.61. The van der Waals surface area contributed by atoms with Crippen molar-refractivity contribution in [2.75, 3.05) is 0 Å². The van der Waals surface area contributed by atoms with Gasteiger partial charge in [-0.05, 0) is 59.7 Å². The minimum atomic E-state index is -4.78. The minimum absolute atomic E-state index is 0.0583.